The van der Waals surface area contributed by atoms with Crippen molar-refractivity contribution in [3.63, 3.8) is 0 Å². The summed E-state index contributed by atoms with van der Waals surface area (Å²) in [6.07, 6.45) is 1.08. The molecule has 1 fully saturated rings. The van der Waals surface area contributed by atoms with Gasteiger partial charge in [-0.3, -0.25) is 0 Å². The van der Waals surface area contributed by atoms with Gasteiger partial charge in [-0.15, -0.1) is 0 Å². The van der Waals surface area contributed by atoms with E-state index < -0.39 is 0 Å². The molecular formula is C20H25NO2. The van der Waals surface area contributed by atoms with Gasteiger partial charge in [-0.25, -0.2) is 0 Å². The molecule has 0 radical (unpaired) electrons. The molecule has 122 valence electrons. The molecule has 1 saturated heterocycles. The summed E-state index contributed by atoms with van der Waals surface area (Å²) >= 11 is 0. The molecular weight excluding hydrogens is 286 g/mol. The molecule has 2 aromatic carbocycles. The van der Waals surface area contributed by atoms with Crippen LogP contribution in [0.5, 0.6) is 0 Å². The maximum Gasteiger partial charge on any atom is 0.0966 e. The summed E-state index contributed by atoms with van der Waals surface area (Å²) in [6.45, 7) is 4.29. The first kappa shape index (κ1) is 16.2. The molecule has 0 spiro atoms. The number of hydrogen-bond donors (Lipinski definition) is 1. The van der Waals surface area contributed by atoms with Crippen LogP contribution in [0.2, 0.25) is 0 Å². The van der Waals surface area contributed by atoms with Crippen molar-refractivity contribution in [1.82, 2.24) is 5.32 Å². The molecule has 1 N–H and O–H groups in total. The third-order valence-electron chi connectivity index (χ3n) is 4.37. The Balaban J connectivity index is 1.58. The van der Waals surface area contributed by atoms with Gasteiger partial charge in [-0.2, -0.15) is 0 Å². The van der Waals surface area contributed by atoms with E-state index >= 15 is 0 Å². The van der Waals surface area contributed by atoms with Gasteiger partial charge in [0.25, 0.3) is 0 Å². The highest BCUT2D eigenvalue weighted by Crippen LogP contribution is 2.19. The lowest BCUT2D eigenvalue weighted by molar-refractivity contribution is -0.0773. The van der Waals surface area contributed by atoms with Crippen LogP contribution in [0.15, 0.2) is 60.7 Å². The van der Waals surface area contributed by atoms with Gasteiger partial charge in [0.1, 0.15) is 0 Å². The summed E-state index contributed by atoms with van der Waals surface area (Å²) in [5.74, 6) is 0. The van der Waals surface area contributed by atoms with Crippen molar-refractivity contribution < 1.29 is 9.47 Å². The van der Waals surface area contributed by atoms with E-state index in [1.807, 2.05) is 18.2 Å². The third kappa shape index (κ3) is 4.64. The lowest BCUT2D eigenvalue weighted by Gasteiger charge is -2.34. The third-order valence-corrected chi connectivity index (χ3v) is 4.37. The average molecular weight is 311 g/mol. The van der Waals surface area contributed by atoms with Gasteiger partial charge in [0.2, 0.25) is 0 Å². The van der Waals surface area contributed by atoms with Crippen LogP contribution in [0.4, 0.5) is 0 Å². The monoisotopic (exact) mass is 311 g/mol. The molecule has 3 rings (SSSR count). The van der Waals surface area contributed by atoms with Gasteiger partial charge in [-0.05, 0) is 24.5 Å². The smallest absolute Gasteiger partial charge is 0.0966 e. The fraction of sp³-hybridized carbons (Fsp3) is 0.400. The Hall–Kier alpha value is -1.68. The summed E-state index contributed by atoms with van der Waals surface area (Å²) in [6, 6.07) is 21.5. The molecule has 1 aliphatic heterocycles. The number of ether oxygens (including phenoxy) is 2. The second-order valence-electron chi connectivity index (χ2n) is 6.10. The molecule has 0 aliphatic carbocycles. The van der Waals surface area contributed by atoms with Crippen LogP contribution in [0.25, 0.3) is 0 Å². The summed E-state index contributed by atoms with van der Waals surface area (Å²) < 4.78 is 11.8. The predicted octanol–water partition coefficient (Wildman–Crippen LogP) is 3.71. The van der Waals surface area contributed by atoms with E-state index in [-0.39, 0.29) is 6.10 Å². The van der Waals surface area contributed by atoms with Gasteiger partial charge in [0.05, 0.1) is 19.3 Å². The normalized spacial score (nSPS) is 22.7. The van der Waals surface area contributed by atoms with Crippen LogP contribution >= 0.6 is 0 Å². The minimum absolute atomic E-state index is 0.0927. The number of rotatable bonds is 6. The molecule has 3 heteroatoms. The van der Waals surface area contributed by atoms with E-state index in [1.165, 1.54) is 11.1 Å². The molecule has 0 aromatic heterocycles. The van der Waals surface area contributed by atoms with Crippen LogP contribution in [0.1, 0.15) is 30.5 Å². The van der Waals surface area contributed by atoms with Crippen LogP contribution in [-0.2, 0) is 16.1 Å². The highest BCUT2D eigenvalue weighted by Gasteiger charge is 2.27. The zero-order chi connectivity index (χ0) is 15.9. The molecule has 23 heavy (non-hydrogen) atoms. The van der Waals surface area contributed by atoms with E-state index in [0.29, 0.717) is 25.3 Å². The van der Waals surface area contributed by atoms with Gasteiger partial charge in [0.15, 0.2) is 0 Å². The van der Waals surface area contributed by atoms with Crippen LogP contribution in [-0.4, -0.2) is 25.4 Å². The van der Waals surface area contributed by atoms with Crippen molar-refractivity contribution >= 4 is 0 Å². The van der Waals surface area contributed by atoms with E-state index in [9.17, 15) is 0 Å². The number of benzene rings is 2. The lowest BCUT2D eigenvalue weighted by Crippen LogP contribution is -2.48. The minimum Gasteiger partial charge on any atom is -0.379 e. The SMILES string of the molecule is C[C@@H](NC1CCOCC1OCc1ccccc1)c1ccccc1. The van der Waals surface area contributed by atoms with Gasteiger partial charge < -0.3 is 14.8 Å². The van der Waals surface area contributed by atoms with Crippen molar-refractivity contribution in [3.05, 3.63) is 71.8 Å². The molecule has 1 heterocycles. The minimum atomic E-state index is 0.0927. The molecule has 0 bridgehead atoms. The Bertz CT molecular complexity index is 573. The van der Waals surface area contributed by atoms with Crippen LogP contribution in [0.3, 0.4) is 0 Å². The number of hydrogen-bond acceptors (Lipinski definition) is 3. The van der Waals surface area contributed by atoms with Gasteiger partial charge in [-0.1, -0.05) is 60.7 Å². The maximum atomic E-state index is 6.13. The first-order chi connectivity index (χ1) is 11.3. The Kier molecular flexibility index (Phi) is 5.81. The second-order valence-corrected chi connectivity index (χ2v) is 6.10. The van der Waals surface area contributed by atoms with Gasteiger partial charge >= 0.3 is 0 Å². The van der Waals surface area contributed by atoms with E-state index in [0.717, 1.165) is 13.0 Å². The molecule has 0 saturated carbocycles. The Labute approximate surface area is 138 Å². The first-order valence-electron chi connectivity index (χ1n) is 8.37. The summed E-state index contributed by atoms with van der Waals surface area (Å²) in [5, 5.41) is 3.72. The Morgan fingerprint density at radius 3 is 2.52 bits per heavy atom. The van der Waals surface area contributed by atoms with E-state index in [1.54, 1.807) is 0 Å². The zero-order valence-electron chi connectivity index (χ0n) is 13.7. The quantitative estimate of drug-likeness (QED) is 0.882. The zero-order valence-corrected chi connectivity index (χ0v) is 13.7. The topological polar surface area (TPSA) is 30.5 Å². The predicted molar refractivity (Wildman–Crippen MR) is 92.2 cm³/mol. The second kappa shape index (κ2) is 8.25. The molecule has 2 unspecified atom stereocenters. The van der Waals surface area contributed by atoms with E-state index in [2.05, 4.69) is 54.7 Å². The van der Waals surface area contributed by atoms with E-state index in [4.69, 9.17) is 9.47 Å². The van der Waals surface area contributed by atoms with Crippen molar-refractivity contribution in [1.29, 1.82) is 0 Å². The largest absolute Gasteiger partial charge is 0.379 e. The van der Waals surface area contributed by atoms with Crippen LogP contribution in [0, 0.1) is 0 Å². The van der Waals surface area contributed by atoms with Crippen molar-refractivity contribution in [2.45, 2.75) is 38.1 Å². The summed E-state index contributed by atoms with van der Waals surface area (Å²) in [5.41, 5.74) is 2.51. The molecule has 0 amide bonds. The molecule has 3 nitrogen and oxygen atoms in total. The average Bonchev–Trinajstić information content (AvgIpc) is 2.62. The van der Waals surface area contributed by atoms with Crippen LogP contribution < -0.4 is 5.32 Å². The lowest BCUT2D eigenvalue weighted by atomic mass is 10.0. The van der Waals surface area contributed by atoms with Crippen molar-refractivity contribution in [2.75, 3.05) is 13.2 Å². The summed E-state index contributed by atoms with van der Waals surface area (Å²) in [4.78, 5) is 0. The van der Waals surface area contributed by atoms with Gasteiger partial charge in [0, 0.05) is 18.7 Å². The van der Waals surface area contributed by atoms with Crippen molar-refractivity contribution in [2.24, 2.45) is 0 Å². The highest BCUT2D eigenvalue weighted by atomic mass is 16.5. The fourth-order valence-electron chi connectivity index (χ4n) is 3.00. The summed E-state index contributed by atoms with van der Waals surface area (Å²) in [7, 11) is 0. The standard InChI is InChI=1S/C20H25NO2/c1-16(18-10-6-3-7-11-18)21-19-12-13-22-15-20(19)23-14-17-8-4-2-5-9-17/h2-11,16,19-21H,12-15H2,1H3/t16-,19?,20?/m1/s1. The first-order valence-corrected chi connectivity index (χ1v) is 8.37. The maximum absolute atomic E-state index is 6.13. The highest BCUT2D eigenvalue weighted by molar-refractivity contribution is 5.18. The number of nitrogens with one attached hydrogen (secondary N) is 1. The molecule has 2 aromatic rings. The van der Waals surface area contributed by atoms with Crippen molar-refractivity contribution in [3.8, 4) is 0 Å². The molecule has 1 aliphatic rings. The fourth-order valence-corrected chi connectivity index (χ4v) is 3.00. The Morgan fingerprint density at radius 1 is 1.09 bits per heavy atom. The molecule has 3 atom stereocenters. The Morgan fingerprint density at radius 2 is 1.78 bits per heavy atom.